The summed E-state index contributed by atoms with van der Waals surface area (Å²) < 4.78 is 1.03. The standard InChI is InChI=1S/C14H20BrN3O/c1-4-8(5-2)13(16-3)9-6-11-12(7-10(9)15)18-14(19)17-11/h6-8,13,16H,4-5H2,1-3H3,(H2,17,18,19). The first kappa shape index (κ1) is 14.3. The summed E-state index contributed by atoms with van der Waals surface area (Å²) >= 11 is 3.62. The Morgan fingerprint density at radius 3 is 2.32 bits per heavy atom. The number of fused-ring (bicyclic) bond motifs is 1. The molecule has 0 saturated heterocycles. The fourth-order valence-electron chi connectivity index (χ4n) is 2.72. The molecule has 1 aromatic carbocycles. The molecule has 0 radical (unpaired) electrons. The maximum atomic E-state index is 11.4. The molecule has 0 spiro atoms. The molecule has 104 valence electrons. The first-order chi connectivity index (χ1) is 9.10. The Bertz CT molecular complexity index is 613. The zero-order chi connectivity index (χ0) is 14.0. The van der Waals surface area contributed by atoms with Gasteiger partial charge in [-0.05, 0) is 30.7 Å². The van der Waals surface area contributed by atoms with Crippen molar-refractivity contribution in [1.29, 1.82) is 0 Å². The third-order valence-electron chi connectivity index (χ3n) is 3.80. The molecular weight excluding hydrogens is 306 g/mol. The van der Waals surface area contributed by atoms with Gasteiger partial charge in [0.2, 0.25) is 0 Å². The van der Waals surface area contributed by atoms with Crippen LogP contribution in [-0.4, -0.2) is 17.0 Å². The minimum Gasteiger partial charge on any atom is -0.313 e. The highest BCUT2D eigenvalue weighted by atomic mass is 79.9. The predicted octanol–water partition coefficient (Wildman–Crippen LogP) is 3.32. The summed E-state index contributed by atoms with van der Waals surface area (Å²) in [5.41, 5.74) is 2.72. The summed E-state index contributed by atoms with van der Waals surface area (Å²) in [5.74, 6) is 0.574. The lowest BCUT2D eigenvalue weighted by atomic mass is 9.89. The Hall–Kier alpha value is -1.07. The SMILES string of the molecule is CCC(CC)C(NC)c1cc2[nH]c(=O)[nH]c2cc1Br. The average molecular weight is 326 g/mol. The fourth-order valence-corrected chi connectivity index (χ4v) is 3.31. The molecule has 1 unspecified atom stereocenters. The van der Waals surface area contributed by atoms with Crippen molar-refractivity contribution in [2.75, 3.05) is 7.05 Å². The van der Waals surface area contributed by atoms with E-state index in [1.54, 1.807) is 0 Å². The third kappa shape index (κ3) is 2.77. The van der Waals surface area contributed by atoms with E-state index < -0.39 is 0 Å². The first-order valence-electron chi connectivity index (χ1n) is 6.69. The monoisotopic (exact) mass is 325 g/mol. The van der Waals surface area contributed by atoms with Crippen LogP contribution in [0.2, 0.25) is 0 Å². The molecule has 0 saturated carbocycles. The van der Waals surface area contributed by atoms with Gasteiger partial charge in [0.05, 0.1) is 11.0 Å². The average Bonchev–Trinajstić information content (AvgIpc) is 2.74. The van der Waals surface area contributed by atoms with Gasteiger partial charge < -0.3 is 15.3 Å². The highest BCUT2D eigenvalue weighted by Gasteiger charge is 2.21. The minimum absolute atomic E-state index is 0.164. The van der Waals surface area contributed by atoms with Gasteiger partial charge in [0, 0.05) is 10.5 Å². The van der Waals surface area contributed by atoms with E-state index in [4.69, 9.17) is 0 Å². The number of H-pyrrole nitrogens is 2. The molecule has 1 atom stereocenters. The van der Waals surface area contributed by atoms with Crippen molar-refractivity contribution in [2.24, 2.45) is 5.92 Å². The summed E-state index contributed by atoms with van der Waals surface area (Å²) in [6.45, 7) is 4.42. The Morgan fingerprint density at radius 1 is 1.21 bits per heavy atom. The smallest absolute Gasteiger partial charge is 0.313 e. The first-order valence-corrected chi connectivity index (χ1v) is 7.48. The number of rotatable bonds is 5. The molecule has 2 rings (SSSR count). The van der Waals surface area contributed by atoms with Crippen molar-refractivity contribution < 1.29 is 0 Å². The van der Waals surface area contributed by atoms with Crippen molar-refractivity contribution in [2.45, 2.75) is 32.7 Å². The summed E-state index contributed by atoms with van der Waals surface area (Å²) in [4.78, 5) is 17.0. The van der Waals surface area contributed by atoms with Crippen LogP contribution in [-0.2, 0) is 0 Å². The van der Waals surface area contributed by atoms with E-state index in [0.29, 0.717) is 5.92 Å². The summed E-state index contributed by atoms with van der Waals surface area (Å²) in [6, 6.07) is 4.30. The molecule has 19 heavy (non-hydrogen) atoms. The lowest BCUT2D eigenvalue weighted by Gasteiger charge is -2.26. The number of aromatic amines is 2. The van der Waals surface area contributed by atoms with Crippen LogP contribution in [0.4, 0.5) is 0 Å². The molecule has 0 aliphatic rings. The molecule has 0 aliphatic heterocycles. The van der Waals surface area contributed by atoms with Gasteiger partial charge in [0.1, 0.15) is 0 Å². The number of imidazole rings is 1. The quantitative estimate of drug-likeness (QED) is 0.789. The Labute approximate surface area is 121 Å². The molecule has 0 fully saturated rings. The molecule has 5 heteroatoms. The van der Waals surface area contributed by atoms with E-state index in [-0.39, 0.29) is 11.7 Å². The largest absolute Gasteiger partial charge is 0.323 e. The van der Waals surface area contributed by atoms with Crippen LogP contribution in [0.3, 0.4) is 0 Å². The Kier molecular flexibility index (Phi) is 4.47. The Balaban J connectivity index is 2.52. The lowest BCUT2D eigenvalue weighted by Crippen LogP contribution is -2.25. The topological polar surface area (TPSA) is 60.7 Å². The third-order valence-corrected chi connectivity index (χ3v) is 4.49. The van der Waals surface area contributed by atoms with Crippen molar-refractivity contribution >= 4 is 27.0 Å². The molecular formula is C14H20BrN3O. The van der Waals surface area contributed by atoms with Crippen LogP contribution in [0, 0.1) is 5.92 Å². The van der Waals surface area contributed by atoms with Crippen LogP contribution in [0.25, 0.3) is 11.0 Å². The highest BCUT2D eigenvalue weighted by Crippen LogP contribution is 2.33. The zero-order valence-corrected chi connectivity index (χ0v) is 13.1. The number of hydrogen-bond acceptors (Lipinski definition) is 2. The Morgan fingerprint density at radius 2 is 1.79 bits per heavy atom. The molecule has 0 aliphatic carbocycles. The number of nitrogens with one attached hydrogen (secondary N) is 3. The van der Waals surface area contributed by atoms with Crippen molar-refractivity contribution in [3.05, 3.63) is 32.7 Å². The number of aromatic nitrogens is 2. The van der Waals surface area contributed by atoms with Gasteiger partial charge in [-0.2, -0.15) is 0 Å². The number of benzene rings is 1. The van der Waals surface area contributed by atoms with Crippen LogP contribution in [0.15, 0.2) is 21.4 Å². The lowest BCUT2D eigenvalue weighted by molar-refractivity contribution is 0.359. The molecule has 4 nitrogen and oxygen atoms in total. The number of hydrogen-bond donors (Lipinski definition) is 3. The van der Waals surface area contributed by atoms with Crippen LogP contribution in [0.1, 0.15) is 38.3 Å². The van der Waals surface area contributed by atoms with Crippen LogP contribution in [0.5, 0.6) is 0 Å². The molecule has 0 bridgehead atoms. The van der Waals surface area contributed by atoms with Gasteiger partial charge in [-0.1, -0.05) is 42.6 Å². The second kappa shape index (κ2) is 5.92. The van der Waals surface area contributed by atoms with Gasteiger partial charge in [0.15, 0.2) is 0 Å². The van der Waals surface area contributed by atoms with E-state index in [9.17, 15) is 4.79 Å². The van der Waals surface area contributed by atoms with Crippen molar-refractivity contribution in [1.82, 2.24) is 15.3 Å². The maximum Gasteiger partial charge on any atom is 0.323 e. The van der Waals surface area contributed by atoms with Crippen LogP contribution < -0.4 is 11.0 Å². The van der Waals surface area contributed by atoms with Gasteiger partial charge in [-0.3, -0.25) is 0 Å². The second-order valence-electron chi connectivity index (χ2n) is 4.84. The van der Waals surface area contributed by atoms with E-state index in [0.717, 1.165) is 28.3 Å². The highest BCUT2D eigenvalue weighted by molar-refractivity contribution is 9.10. The van der Waals surface area contributed by atoms with E-state index in [1.807, 2.05) is 13.1 Å². The second-order valence-corrected chi connectivity index (χ2v) is 5.70. The fraction of sp³-hybridized carbons (Fsp3) is 0.500. The van der Waals surface area contributed by atoms with Gasteiger partial charge in [-0.25, -0.2) is 4.79 Å². The summed E-state index contributed by atoms with van der Waals surface area (Å²) in [6.07, 6.45) is 2.24. The summed E-state index contributed by atoms with van der Waals surface area (Å²) in [7, 11) is 1.99. The zero-order valence-electron chi connectivity index (χ0n) is 11.5. The molecule has 0 amide bonds. The van der Waals surface area contributed by atoms with Crippen molar-refractivity contribution in [3.8, 4) is 0 Å². The van der Waals surface area contributed by atoms with Crippen LogP contribution >= 0.6 is 15.9 Å². The van der Waals surface area contributed by atoms with E-state index in [2.05, 4.69) is 51.1 Å². The minimum atomic E-state index is -0.164. The van der Waals surface area contributed by atoms with Gasteiger partial charge in [0.25, 0.3) is 0 Å². The normalized spacial score (nSPS) is 13.3. The predicted molar refractivity (Wildman–Crippen MR) is 82.5 cm³/mol. The molecule has 1 aromatic heterocycles. The summed E-state index contributed by atoms with van der Waals surface area (Å²) in [5, 5.41) is 3.40. The maximum absolute atomic E-state index is 11.4. The van der Waals surface area contributed by atoms with E-state index >= 15 is 0 Å². The van der Waals surface area contributed by atoms with Gasteiger partial charge >= 0.3 is 5.69 Å². The van der Waals surface area contributed by atoms with E-state index in [1.165, 1.54) is 5.56 Å². The molecule has 2 aromatic rings. The number of halogens is 1. The molecule has 1 heterocycles. The molecule has 3 N–H and O–H groups in total. The van der Waals surface area contributed by atoms with Crippen molar-refractivity contribution in [3.63, 3.8) is 0 Å². The van der Waals surface area contributed by atoms with Gasteiger partial charge in [-0.15, -0.1) is 0 Å².